The second-order valence-corrected chi connectivity index (χ2v) is 8.12. The number of nitrogens with zero attached hydrogens (tertiary/aromatic N) is 2. The zero-order valence-electron chi connectivity index (χ0n) is 15.9. The number of rotatable bonds is 3. The maximum Gasteiger partial charge on any atom is 0.262 e. The quantitative estimate of drug-likeness (QED) is 0.815. The van der Waals surface area contributed by atoms with Gasteiger partial charge in [0.25, 0.3) is 11.8 Å². The van der Waals surface area contributed by atoms with Crippen LogP contribution in [-0.4, -0.2) is 59.1 Å². The fourth-order valence-corrected chi connectivity index (χ4v) is 3.29. The van der Waals surface area contributed by atoms with Gasteiger partial charge in [-0.05, 0) is 25.0 Å². The Hall–Kier alpha value is -2.70. The number of benzene rings is 1. The maximum atomic E-state index is 12.6. The lowest BCUT2D eigenvalue weighted by molar-refractivity contribution is -0.133. The van der Waals surface area contributed by atoms with E-state index in [4.69, 9.17) is 0 Å². The van der Waals surface area contributed by atoms with Crippen molar-refractivity contribution in [1.82, 2.24) is 15.1 Å². The Morgan fingerprint density at radius 1 is 1.04 bits per heavy atom. The van der Waals surface area contributed by atoms with Gasteiger partial charge >= 0.3 is 0 Å². The highest BCUT2D eigenvalue weighted by Crippen LogP contribution is 2.23. The minimum Gasteiger partial charge on any atom is -0.353 e. The van der Waals surface area contributed by atoms with Crippen LogP contribution in [-0.2, 0) is 9.59 Å². The number of imide groups is 1. The number of likely N-dealkylation sites (tertiary alicyclic amines) is 1. The Morgan fingerprint density at radius 3 is 2.04 bits per heavy atom. The average Bonchev–Trinajstić information content (AvgIpc) is 2.87. The average molecular weight is 371 g/mol. The molecule has 1 aromatic carbocycles. The number of fused-ring (bicyclic) bond motifs is 1. The van der Waals surface area contributed by atoms with Gasteiger partial charge in [0.05, 0.1) is 11.1 Å². The predicted molar refractivity (Wildman–Crippen MR) is 99.0 cm³/mol. The summed E-state index contributed by atoms with van der Waals surface area (Å²) in [5.74, 6) is -1.09. The molecule has 7 nitrogen and oxygen atoms in total. The van der Waals surface area contributed by atoms with Crippen LogP contribution in [0.4, 0.5) is 0 Å². The Balaban J connectivity index is 1.54. The molecule has 0 saturated carbocycles. The van der Waals surface area contributed by atoms with E-state index in [1.165, 1.54) is 0 Å². The van der Waals surface area contributed by atoms with Gasteiger partial charge in [0.1, 0.15) is 6.54 Å². The highest BCUT2D eigenvalue weighted by molar-refractivity contribution is 6.22. The summed E-state index contributed by atoms with van der Waals surface area (Å²) in [6.07, 6.45) is 1.32. The van der Waals surface area contributed by atoms with Crippen molar-refractivity contribution in [1.29, 1.82) is 0 Å². The minimum absolute atomic E-state index is 0.00157. The minimum atomic E-state index is -0.446. The molecule has 144 valence electrons. The summed E-state index contributed by atoms with van der Waals surface area (Å²) in [5, 5.41) is 3.02. The second-order valence-electron chi connectivity index (χ2n) is 8.12. The van der Waals surface area contributed by atoms with Gasteiger partial charge in [-0.3, -0.25) is 24.1 Å². The number of hydrogen-bond donors (Lipinski definition) is 1. The van der Waals surface area contributed by atoms with Gasteiger partial charge in [-0.1, -0.05) is 32.9 Å². The van der Waals surface area contributed by atoms with Crippen LogP contribution in [0.15, 0.2) is 24.3 Å². The molecule has 27 heavy (non-hydrogen) atoms. The molecule has 1 aromatic rings. The van der Waals surface area contributed by atoms with Crippen molar-refractivity contribution in [2.45, 2.75) is 39.7 Å². The van der Waals surface area contributed by atoms with Gasteiger partial charge < -0.3 is 10.2 Å². The van der Waals surface area contributed by atoms with E-state index in [1.807, 2.05) is 20.8 Å². The van der Waals surface area contributed by atoms with Crippen LogP contribution in [0.3, 0.4) is 0 Å². The summed E-state index contributed by atoms with van der Waals surface area (Å²) in [6, 6.07) is 6.64. The molecule has 0 atom stereocenters. The summed E-state index contributed by atoms with van der Waals surface area (Å²) >= 11 is 0. The number of carbonyl (C=O) groups is 4. The summed E-state index contributed by atoms with van der Waals surface area (Å²) in [5.41, 5.74) is 0.246. The molecule has 0 unspecified atom stereocenters. The molecule has 0 aromatic heterocycles. The molecule has 3 rings (SSSR count). The smallest absolute Gasteiger partial charge is 0.262 e. The van der Waals surface area contributed by atoms with Crippen LogP contribution in [0.5, 0.6) is 0 Å². The van der Waals surface area contributed by atoms with Gasteiger partial charge in [0, 0.05) is 24.5 Å². The summed E-state index contributed by atoms with van der Waals surface area (Å²) in [6.45, 7) is 6.34. The van der Waals surface area contributed by atoms with Crippen LogP contribution in [0, 0.1) is 5.41 Å². The largest absolute Gasteiger partial charge is 0.353 e. The Labute approximate surface area is 158 Å². The van der Waals surface area contributed by atoms with Crippen LogP contribution < -0.4 is 5.32 Å². The number of amides is 4. The first kappa shape index (κ1) is 19.1. The van der Waals surface area contributed by atoms with E-state index < -0.39 is 17.2 Å². The molecule has 1 saturated heterocycles. The van der Waals surface area contributed by atoms with Gasteiger partial charge in [0.15, 0.2) is 0 Å². The first-order valence-corrected chi connectivity index (χ1v) is 9.22. The summed E-state index contributed by atoms with van der Waals surface area (Å²) in [4.78, 5) is 52.1. The van der Waals surface area contributed by atoms with Crippen molar-refractivity contribution < 1.29 is 19.2 Å². The van der Waals surface area contributed by atoms with E-state index in [0.717, 1.165) is 4.90 Å². The van der Waals surface area contributed by atoms with Crippen LogP contribution >= 0.6 is 0 Å². The van der Waals surface area contributed by atoms with Crippen molar-refractivity contribution in [3.63, 3.8) is 0 Å². The third kappa shape index (κ3) is 3.86. The second kappa shape index (κ2) is 7.13. The van der Waals surface area contributed by atoms with Gasteiger partial charge in [-0.2, -0.15) is 0 Å². The monoisotopic (exact) mass is 371 g/mol. The molecule has 0 spiro atoms. The first-order chi connectivity index (χ1) is 12.7. The Kier molecular flexibility index (Phi) is 5.04. The molecule has 0 aliphatic carbocycles. The molecule has 1 fully saturated rings. The first-order valence-electron chi connectivity index (χ1n) is 9.22. The topological polar surface area (TPSA) is 86.8 Å². The van der Waals surface area contributed by atoms with Crippen molar-refractivity contribution in [2.24, 2.45) is 5.41 Å². The fraction of sp³-hybridized carbons (Fsp3) is 0.500. The lowest BCUT2D eigenvalue weighted by atomic mass is 9.94. The maximum absolute atomic E-state index is 12.6. The molecular weight excluding hydrogens is 346 g/mol. The van der Waals surface area contributed by atoms with E-state index in [1.54, 1.807) is 29.2 Å². The molecule has 2 aliphatic heterocycles. The van der Waals surface area contributed by atoms with Crippen molar-refractivity contribution in [3.8, 4) is 0 Å². The fourth-order valence-electron chi connectivity index (χ4n) is 3.29. The predicted octanol–water partition coefficient (Wildman–Crippen LogP) is 1.44. The van der Waals surface area contributed by atoms with Crippen molar-refractivity contribution in [3.05, 3.63) is 35.4 Å². The number of piperidine rings is 1. The summed E-state index contributed by atoms with van der Waals surface area (Å²) in [7, 11) is 0. The molecule has 0 bridgehead atoms. The Morgan fingerprint density at radius 2 is 1.56 bits per heavy atom. The molecule has 2 aliphatic rings. The third-order valence-electron chi connectivity index (χ3n) is 5.04. The highest BCUT2D eigenvalue weighted by Gasteiger charge is 2.37. The van der Waals surface area contributed by atoms with Crippen LogP contribution in [0.25, 0.3) is 0 Å². The van der Waals surface area contributed by atoms with E-state index in [9.17, 15) is 19.2 Å². The van der Waals surface area contributed by atoms with Crippen molar-refractivity contribution in [2.75, 3.05) is 19.6 Å². The highest BCUT2D eigenvalue weighted by atomic mass is 16.2. The van der Waals surface area contributed by atoms with Gasteiger partial charge in [-0.25, -0.2) is 0 Å². The van der Waals surface area contributed by atoms with E-state index >= 15 is 0 Å². The molecule has 1 N–H and O–H groups in total. The third-order valence-corrected chi connectivity index (χ3v) is 5.04. The zero-order valence-corrected chi connectivity index (χ0v) is 15.9. The van der Waals surface area contributed by atoms with E-state index in [-0.39, 0.29) is 24.4 Å². The standard InChI is InChI=1S/C20H25N3O4/c1-20(2,3)19(27)21-13-8-10-22(11-9-13)16(24)12-23-17(25)14-6-4-5-7-15(14)18(23)26/h4-7,13H,8-12H2,1-3H3,(H,21,27). The van der Waals surface area contributed by atoms with Gasteiger partial charge in [0.2, 0.25) is 11.8 Å². The number of nitrogens with one attached hydrogen (secondary N) is 1. The summed E-state index contributed by atoms with van der Waals surface area (Å²) < 4.78 is 0. The van der Waals surface area contributed by atoms with Gasteiger partial charge in [-0.15, -0.1) is 0 Å². The SMILES string of the molecule is CC(C)(C)C(=O)NC1CCN(C(=O)CN2C(=O)c3ccccc3C2=O)CC1. The molecule has 0 radical (unpaired) electrons. The lowest BCUT2D eigenvalue weighted by Crippen LogP contribution is -2.51. The van der Waals surface area contributed by atoms with E-state index in [0.29, 0.717) is 37.1 Å². The van der Waals surface area contributed by atoms with Crippen LogP contribution in [0.1, 0.15) is 54.3 Å². The zero-order chi connectivity index (χ0) is 19.8. The number of hydrogen-bond acceptors (Lipinski definition) is 4. The van der Waals surface area contributed by atoms with Crippen LogP contribution in [0.2, 0.25) is 0 Å². The van der Waals surface area contributed by atoms with Crippen molar-refractivity contribution >= 4 is 23.6 Å². The molecule has 4 amide bonds. The number of carbonyl (C=O) groups excluding carboxylic acids is 4. The molecular formula is C20H25N3O4. The Bertz CT molecular complexity index is 754. The van der Waals surface area contributed by atoms with E-state index in [2.05, 4.69) is 5.32 Å². The normalized spacial score (nSPS) is 17.9. The lowest BCUT2D eigenvalue weighted by Gasteiger charge is -2.34. The molecule has 7 heteroatoms. The molecule has 2 heterocycles.